The van der Waals surface area contributed by atoms with Crippen molar-refractivity contribution in [1.29, 1.82) is 0 Å². The van der Waals surface area contributed by atoms with Crippen molar-refractivity contribution in [3.63, 3.8) is 0 Å². The van der Waals surface area contributed by atoms with Gasteiger partial charge in [0.1, 0.15) is 19.3 Å². The number of carbonyl (C=O) groups is 2. The molecule has 0 aliphatic heterocycles. The summed E-state index contributed by atoms with van der Waals surface area (Å²) in [4.78, 5) is 39.8. The summed E-state index contributed by atoms with van der Waals surface area (Å²) in [5.41, 5.74) is 0. The lowest BCUT2D eigenvalue weighted by atomic mass is 10.1. The van der Waals surface area contributed by atoms with E-state index in [2.05, 4.69) is 99.0 Å². The molecule has 0 fully saturated rings. The number of carbonyl (C=O) groups excluding carboxylic acids is 2. The highest BCUT2D eigenvalue weighted by Gasteiger charge is 2.27. The summed E-state index contributed by atoms with van der Waals surface area (Å²) in [6, 6.07) is -0.910. The molecule has 3 atom stereocenters. The zero-order valence-corrected chi connectivity index (χ0v) is 47.5. The topological polar surface area (TPSA) is 114 Å². The van der Waals surface area contributed by atoms with E-state index in [1.807, 2.05) is 33.3 Å². The average molecular weight is 1010 g/mol. The SMILES string of the molecule is CC/C=C\C/C=C\C/C=C\C/C=C\C/C=C\CCCCCC(=O)NC(COP(=O)([O-])OCC[N+](C)(C)C)C(/C=C\CCCCCCCCCCC)OC(=O)CCCCCCCCC/C=C\CCCCCC. The van der Waals surface area contributed by atoms with E-state index in [1.54, 1.807) is 0 Å². The van der Waals surface area contributed by atoms with Crippen molar-refractivity contribution in [1.82, 2.24) is 5.32 Å². The van der Waals surface area contributed by atoms with Gasteiger partial charge in [0.15, 0.2) is 0 Å². The fourth-order valence-corrected chi connectivity index (χ4v) is 8.56. The number of nitrogens with zero attached hydrogens (tertiary/aromatic N) is 1. The number of allylic oxidation sites excluding steroid dienone is 13. The summed E-state index contributed by atoms with van der Waals surface area (Å²) in [5, 5.41) is 3.00. The second kappa shape index (κ2) is 50.7. The average Bonchev–Trinajstić information content (AvgIpc) is 3.33. The van der Waals surface area contributed by atoms with Crippen LogP contribution in [0.15, 0.2) is 85.1 Å². The van der Waals surface area contributed by atoms with Gasteiger partial charge in [0.25, 0.3) is 7.82 Å². The Kier molecular flexibility index (Phi) is 48.7. The van der Waals surface area contributed by atoms with Crippen molar-refractivity contribution in [2.45, 2.75) is 251 Å². The molecule has 71 heavy (non-hydrogen) atoms. The molecule has 0 aliphatic carbocycles. The molecule has 0 bridgehead atoms. The number of phosphoric acid groups is 1. The number of rotatable bonds is 51. The third-order valence-electron chi connectivity index (χ3n) is 12.3. The van der Waals surface area contributed by atoms with Gasteiger partial charge in [0.2, 0.25) is 5.91 Å². The van der Waals surface area contributed by atoms with Crippen LogP contribution in [0.3, 0.4) is 0 Å². The standard InChI is InChI=1S/C61H109N2O7P/c1-7-10-13-16-19-22-25-27-29-30-31-32-34-35-38-41-44-47-50-53-60(64)62-58(57-69-71(66,67)68-56-55-63(4,5)6)59(52-49-46-43-40-37-24-21-18-15-12-9-3)70-61(65)54-51-48-45-42-39-36-33-28-26-23-20-17-14-11-8-2/h10,13,19,22-23,26-27,29,31-32,35,38,49,52,58-59H,7-9,11-12,14-18,20-21,24-25,28,30,33-34,36-37,39-48,50-51,53-57H2,1-6H3,(H-,62,64,66,67)/b13-10-,22-19-,26-23-,29-27-,32-31-,38-35-,52-49-. The maximum Gasteiger partial charge on any atom is 0.306 e. The highest BCUT2D eigenvalue weighted by molar-refractivity contribution is 7.45. The number of ether oxygens (including phenoxy) is 1. The highest BCUT2D eigenvalue weighted by atomic mass is 31.2. The molecule has 0 rings (SSSR count). The minimum Gasteiger partial charge on any atom is -0.756 e. The number of quaternary nitrogens is 1. The number of hydrogen-bond donors (Lipinski definition) is 1. The monoisotopic (exact) mass is 1010 g/mol. The highest BCUT2D eigenvalue weighted by Crippen LogP contribution is 2.38. The Balaban J connectivity index is 5.37. The smallest absolute Gasteiger partial charge is 0.306 e. The van der Waals surface area contributed by atoms with E-state index in [0.717, 1.165) is 103 Å². The van der Waals surface area contributed by atoms with E-state index in [9.17, 15) is 19.0 Å². The third-order valence-corrected chi connectivity index (χ3v) is 13.3. The van der Waals surface area contributed by atoms with Gasteiger partial charge in [-0.1, -0.05) is 209 Å². The first-order chi connectivity index (χ1) is 34.4. The molecule has 410 valence electrons. The second-order valence-corrected chi connectivity index (χ2v) is 21.8. The summed E-state index contributed by atoms with van der Waals surface area (Å²) >= 11 is 0. The fourth-order valence-electron chi connectivity index (χ4n) is 7.84. The molecule has 0 saturated heterocycles. The van der Waals surface area contributed by atoms with E-state index < -0.39 is 26.6 Å². The molecule has 0 aromatic carbocycles. The van der Waals surface area contributed by atoms with Crippen molar-refractivity contribution in [3.8, 4) is 0 Å². The predicted molar refractivity (Wildman–Crippen MR) is 302 cm³/mol. The first-order valence-corrected chi connectivity index (χ1v) is 30.4. The molecule has 3 unspecified atom stereocenters. The zero-order valence-electron chi connectivity index (χ0n) is 46.7. The van der Waals surface area contributed by atoms with Crippen LogP contribution in [0.4, 0.5) is 0 Å². The Labute approximate surface area is 437 Å². The molecule has 0 aromatic heterocycles. The molecule has 0 heterocycles. The van der Waals surface area contributed by atoms with Gasteiger partial charge in [-0.05, 0) is 102 Å². The lowest BCUT2D eigenvalue weighted by Crippen LogP contribution is -2.47. The fraction of sp³-hybridized carbons (Fsp3) is 0.738. The minimum absolute atomic E-state index is 0.0332. The van der Waals surface area contributed by atoms with Gasteiger partial charge in [-0.25, -0.2) is 0 Å². The number of nitrogens with one attached hydrogen (secondary N) is 1. The number of likely N-dealkylation sites (N-methyl/N-ethyl adjacent to an activating group) is 1. The number of unbranched alkanes of at least 4 members (excludes halogenated alkanes) is 23. The van der Waals surface area contributed by atoms with Gasteiger partial charge in [-0.2, -0.15) is 0 Å². The second-order valence-electron chi connectivity index (χ2n) is 20.4. The molecule has 0 saturated carbocycles. The van der Waals surface area contributed by atoms with Crippen molar-refractivity contribution < 1.29 is 37.3 Å². The molecule has 0 aliphatic rings. The van der Waals surface area contributed by atoms with Crippen LogP contribution in [0.1, 0.15) is 239 Å². The first kappa shape index (κ1) is 68.2. The van der Waals surface area contributed by atoms with Crippen LogP contribution in [0, 0.1) is 0 Å². The molecule has 0 aromatic rings. The number of phosphoric ester groups is 1. The predicted octanol–water partition coefficient (Wildman–Crippen LogP) is 16.8. The summed E-state index contributed by atoms with van der Waals surface area (Å²) in [5.74, 6) is -0.588. The molecule has 10 heteroatoms. The third kappa shape index (κ3) is 51.9. The largest absolute Gasteiger partial charge is 0.756 e. The Hall–Kier alpha value is -2.81. The van der Waals surface area contributed by atoms with Crippen LogP contribution in [0.5, 0.6) is 0 Å². The minimum atomic E-state index is -4.71. The van der Waals surface area contributed by atoms with Crippen LogP contribution in [0.25, 0.3) is 0 Å². The van der Waals surface area contributed by atoms with Crippen LogP contribution in [0.2, 0.25) is 0 Å². The van der Waals surface area contributed by atoms with E-state index in [0.29, 0.717) is 17.4 Å². The maximum absolute atomic E-state index is 13.5. The van der Waals surface area contributed by atoms with E-state index >= 15 is 0 Å². The lowest BCUT2D eigenvalue weighted by molar-refractivity contribution is -0.870. The van der Waals surface area contributed by atoms with Crippen LogP contribution >= 0.6 is 7.82 Å². The molecule has 0 spiro atoms. The number of hydrogen-bond acceptors (Lipinski definition) is 7. The molecular formula is C61H109N2O7P. The normalized spacial score (nSPS) is 14.4. The molecule has 1 N–H and O–H groups in total. The van der Waals surface area contributed by atoms with Crippen molar-refractivity contribution in [2.75, 3.05) is 40.9 Å². The van der Waals surface area contributed by atoms with Crippen LogP contribution in [-0.4, -0.2) is 69.4 Å². The van der Waals surface area contributed by atoms with E-state index in [4.69, 9.17) is 13.8 Å². The summed E-state index contributed by atoms with van der Waals surface area (Å²) in [6.07, 6.45) is 65.5. The molecule has 1 amide bonds. The number of esters is 1. The van der Waals surface area contributed by atoms with Crippen molar-refractivity contribution in [3.05, 3.63) is 85.1 Å². The first-order valence-electron chi connectivity index (χ1n) is 28.9. The van der Waals surface area contributed by atoms with Gasteiger partial charge >= 0.3 is 5.97 Å². The van der Waals surface area contributed by atoms with Crippen molar-refractivity contribution in [2.24, 2.45) is 0 Å². The summed E-state index contributed by atoms with van der Waals surface area (Å²) in [7, 11) is 1.15. The summed E-state index contributed by atoms with van der Waals surface area (Å²) < 4.78 is 30.2. The van der Waals surface area contributed by atoms with Gasteiger partial charge in [0, 0.05) is 12.8 Å². The Morgan fingerprint density at radius 1 is 0.507 bits per heavy atom. The number of amides is 1. The summed E-state index contributed by atoms with van der Waals surface area (Å²) in [6.45, 7) is 6.67. The van der Waals surface area contributed by atoms with E-state index in [1.165, 1.54) is 96.3 Å². The maximum atomic E-state index is 13.5. The Morgan fingerprint density at radius 3 is 1.39 bits per heavy atom. The molecular weight excluding hydrogens is 904 g/mol. The lowest BCUT2D eigenvalue weighted by Gasteiger charge is -2.30. The molecule has 0 radical (unpaired) electrons. The van der Waals surface area contributed by atoms with E-state index in [-0.39, 0.29) is 31.3 Å². The van der Waals surface area contributed by atoms with Gasteiger partial charge in [-0.15, -0.1) is 0 Å². The van der Waals surface area contributed by atoms with Crippen LogP contribution in [-0.2, 0) is 27.9 Å². The zero-order chi connectivity index (χ0) is 52.2. The van der Waals surface area contributed by atoms with Gasteiger partial charge in [0.05, 0.1) is 33.8 Å². The van der Waals surface area contributed by atoms with Gasteiger partial charge < -0.3 is 28.5 Å². The van der Waals surface area contributed by atoms with Gasteiger partial charge in [-0.3, -0.25) is 14.2 Å². The Bertz CT molecular complexity index is 1490. The van der Waals surface area contributed by atoms with Crippen molar-refractivity contribution >= 4 is 19.7 Å². The molecule has 9 nitrogen and oxygen atoms in total. The Morgan fingerprint density at radius 2 is 0.901 bits per heavy atom. The van der Waals surface area contributed by atoms with Crippen LogP contribution < -0.4 is 10.2 Å². The quantitative estimate of drug-likeness (QED) is 0.0212.